The summed E-state index contributed by atoms with van der Waals surface area (Å²) in [5, 5.41) is 8.53. The van der Waals surface area contributed by atoms with Crippen LogP contribution in [0.2, 0.25) is 0 Å². The van der Waals surface area contributed by atoms with Crippen LogP contribution in [0.15, 0.2) is 0 Å². The number of methoxy groups -OCH3 is 1. The first-order valence-corrected chi connectivity index (χ1v) is 4.89. The zero-order valence-electron chi connectivity index (χ0n) is 7.98. The normalized spacial score (nSPS) is 11.9. The van der Waals surface area contributed by atoms with Gasteiger partial charge in [0.1, 0.15) is 0 Å². The van der Waals surface area contributed by atoms with Crippen LogP contribution in [0.1, 0.15) is 13.3 Å². The van der Waals surface area contributed by atoms with Gasteiger partial charge in [0.05, 0.1) is 19.4 Å². The maximum absolute atomic E-state index is 10.8. The standard InChI is InChI=1S/C8H12O5S/c1-5(9)14-4-6(8(11)12)3-7(10)13-2/h6H,3-4H2,1-2H3,(H,11,12). The number of hydrogen-bond donors (Lipinski definition) is 1. The summed E-state index contributed by atoms with van der Waals surface area (Å²) in [5.41, 5.74) is 0. The van der Waals surface area contributed by atoms with Crippen molar-refractivity contribution in [2.45, 2.75) is 13.3 Å². The summed E-state index contributed by atoms with van der Waals surface area (Å²) in [6, 6.07) is 0. The summed E-state index contributed by atoms with van der Waals surface area (Å²) in [6.45, 7) is 1.35. The van der Waals surface area contributed by atoms with Gasteiger partial charge in [0, 0.05) is 12.7 Å². The van der Waals surface area contributed by atoms with E-state index in [1.165, 1.54) is 14.0 Å². The molecule has 5 nitrogen and oxygen atoms in total. The number of aliphatic carboxylic acids is 1. The Morgan fingerprint density at radius 3 is 2.36 bits per heavy atom. The minimum absolute atomic E-state index is 0.0970. The molecule has 14 heavy (non-hydrogen) atoms. The van der Waals surface area contributed by atoms with Crippen LogP contribution in [0.25, 0.3) is 0 Å². The molecular weight excluding hydrogens is 208 g/mol. The number of hydrogen-bond acceptors (Lipinski definition) is 5. The summed E-state index contributed by atoms with van der Waals surface area (Å²) in [6.07, 6.45) is -0.202. The number of ether oxygens (including phenoxy) is 1. The van der Waals surface area contributed by atoms with Gasteiger partial charge in [0.2, 0.25) is 0 Å². The highest BCUT2D eigenvalue weighted by Gasteiger charge is 2.22. The van der Waals surface area contributed by atoms with Crippen molar-refractivity contribution in [2.75, 3.05) is 12.9 Å². The van der Waals surface area contributed by atoms with Gasteiger partial charge in [-0.3, -0.25) is 14.4 Å². The molecule has 0 aromatic heterocycles. The molecule has 0 aliphatic heterocycles. The summed E-state index contributed by atoms with van der Waals surface area (Å²) >= 11 is 0.893. The molecule has 1 N–H and O–H groups in total. The molecule has 1 unspecified atom stereocenters. The zero-order valence-corrected chi connectivity index (χ0v) is 8.80. The first-order valence-electron chi connectivity index (χ1n) is 3.90. The average molecular weight is 220 g/mol. The van der Waals surface area contributed by atoms with Gasteiger partial charge in [-0.25, -0.2) is 0 Å². The molecule has 0 fully saturated rings. The third kappa shape index (κ3) is 5.58. The molecule has 0 spiro atoms. The number of carboxylic acids is 1. The van der Waals surface area contributed by atoms with Gasteiger partial charge in [-0.2, -0.15) is 0 Å². The van der Waals surface area contributed by atoms with Crippen molar-refractivity contribution in [3.63, 3.8) is 0 Å². The second kappa shape index (κ2) is 6.42. The van der Waals surface area contributed by atoms with E-state index in [1.807, 2.05) is 0 Å². The van der Waals surface area contributed by atoms with Crippen molar-refractivity contribution < 1.29 is 24.2 Å². The van der Waals surface area contributed by atoms with Gasteiger partial charge in [0.15, 0.2) is 5.12 Å². The van der Waals surface area contributed by atoms with Crippen LogP contribution in [-0.2, 0) is 19.1 Å². The fourth-order valence-corrected chi connectivity index (χ4v) is 1.42. The van der Waals surface area contributed by atoms with E-state index < -0.39 is 17.9 Å². The van der Waals surface area contributed by atoms with Gasteiger partial charge < -0.3 is 9.84 Å². The molecule has 80 valence electrons. The summed E-state index contributed by atoms with van der Waals surface area (Å²) < 4.78 is 4.34. The molecule has 0 aromatic carbocycles. The van der Waals surface area contributed by atoms with Crippen LogP contribution in [-0.4, -0.2) is 35.0 Å². The largest absolute Gasteiger partial charge is 0.481 e. The molecule has 0 radical (unpaired) electrons. The molecule has 0 aliphatic carbocycles. The van der Waals surface area contributed by atoms with Crippen molar-refractivity contribution in [1.29, 1.82) is 0 Å². The number of rotatable bonds is 5. The van der Waals surface area contributed by atoms with Gasteiger partial charge in [-0.05, 0) is 0 Å². The lowest BCUT2D eigenvalue weighted by Crippen LogP contribution is -2.21. The van der Waals surface area contributed by atoms with E-state index in [4.69, 9.17) is 5.11 Å². The highest BCUT2D eigenvalue weighted by molar-refractivity contribution is 8.13. The van der Waals surface area contributed by atoms with Crippen LogP contribution < -0.4 is 0 Å². The van der Waals surface area contributed by atoms with Crippen LogP contribution in [0, 0.1) is 5.92 Å². The van der Waals surface area contributed by atoms with Crippen LogP contribution in [0.3, 0.4) is 0 Å². The molecule has 0 bridgehead atoms. The molecular formula is C8H12O5S. The fraction of sp³-hybridized carbons (Fsp3) is 0.625. The minimum Gasteiger partial charge on any atom is -0.481 e. The lowest BCUT2D eigenvalue weighted by molar-refractivity contribution is -0.149. The zero-order chi connectivity index (χ0) is 11.1. The summed E-state index contributed by atoms with van der Waals surface area (Å²) in [7, 11) is 1.19. The van der Waals surface area contributed by atoms with Crippen molar-refractivity contribution in [3.8, 4) is 0 Å². The number of carbonyl (C=O) groups excluding carboxylic acids is 2. The second-order valence-electron chi connectivity index (χ2n) is 2.62. The Hall–Kier alpha value is -1.04. The fourth-order valence-electron chi connectivity index (χ4n) is 0.720. The monoisotopic (exact) mass is 220 g/mol. The molecule has 0 saturated heterocycles. The Labute approximate surface area is 85.8 Å². The quantitative estimate of drug-likeness (QED) is 0.681. The Morgan fingerprint density at radius 2 is 2.00 bits per heavy atom. The first-order chi connectivity index (χ1) is 6.47. The average Bonchev–Trinajstić information content (AvgIpc) is 2.10. The highest BCUT2D eigenvalue weighted by Crippen LogP contribution is 2.13. The third-order valence-electron chi connectivity index (χ3n) is 1.48. The molecule has 0 heterocycles. The molecule has 0 aromatic rings. The van der Waals surface area contributed by atoms with Crippen LogP contribution in [0.4, 0.5) is 0 Å². The van der Waals surface area contributed by atoms with Gasteiger partial charge in [-0.1, -0.05) is 11.8 Å². The van der Waals surface area contributed by atoms with Crippen molar-refractivity contribution in [3.05, 3.63) is 0 Å². The second-order valence-corrected chi connectivity index (χ2v) is 3.81. The summed E-state index contributed by atoms with van der Waals surface area (Å²) in [4.78, 5) is 32.0. The van der Waals surface area contributed by atoms with Gasteiger partial charge >= 0.3 is 11.9 Å². The van der Waals surface area contributed by atoms with E-state index in [0.29, 0.717) is 0 Å². The van der Waals surface area contributed by atoms with E-state index in [2.05, 4.69) is 4.74 Å². The summed E-state index contributed by atoms with van der Waals surface area (Å²) in [5.74, 6) is -2.44. The topological polar surface area (TPSA) is 80.7 Å². The third-order valence-corrected chi connectivity index (χ3v) is 2.45. The SMILES string of the molecule is COC(=O)CC(CSC(C)=O)C(=O)O. The molecule has 1 atom stereocenters. The van der Waals surface area contributed by atoms with E-state index in [0.717, 1.165) is 11.8 Å². The number of carbonyl (C=O) groups is 3. The Kier molecular flexibility index (Phi) is 5.94. The van der Waals surface area contributed by atoms with Gasteiger partial charge in [0.25, 0.3) is 0 Å². The molecule has 0 rings (SSSR count). The molecule has 0 aliphatic rings. The van der Waals surface area contributed by atoms with E-state index >= 15 is 0 Å². The first kappa shape index (κ1) is 13.0. The smallest absolute Gasteiger partial charge is 0.307 e. The van der Waals surface area contributed by atoms with Gasteiger partial charge in [-0.15, -0.1) is 0 Å². The lowest BCUT2D eigenvalue weighted by atomic mass is 10.1. The van der Waals surface area contributed by atoms with E-state index in [1.54, 1.807) is 0 Å². The number of thioether (sulfide) groups is 1. The molecule has 0 saturated carbocycles. The Bertz CT molecular complexity index is 238. The molecule has 0 amide bonds. The van der Waals surface area contributed by atoms with Crippen molar-refractivity contribution in [1.82, 2.24) is 0 Å². The minimum atomic E-state index is -1.09. The Balaban J connectivity index is 4.09. The van der Waals surface area contributed by atoms with Crippen LogP contribution in [0.5, 0.6) is 0 Å². The maximum atomic E-state index is 10.8. The van der Waals surface area contributed by atoms with E-state index in [-0.39, 0.29) is 17.3 Å². The number of carboxylic acid groups (broad SMARTS) is 1. The number of esters is 1. The highest BCUT2D eigenvalue weighted by atomic mass is 32.2. The lowest BCUT2D eigenvalue weighted by Gasteiger charge is -2.08. The molecule has 6 heteroatoms. The maximum Gasteiger partial charge on any atom is 0.307 e. The predicted octanol–water partition coefficient (Wildman–Crippen LogP) is 0.530. The van der Waals surface area contributed by atoms with E-state index in [9.17, 15) is 14.4 Å². The van der Waals surface area contributed by atoms with Crippen molar-refractivity contribution >= 4 is 28.8 Å². The Morgan fingerprint density at radius 1 is 1.43 bits per heavy atom. The van der Waals surface area contributed by atoms with Crippen molar-refractivity contribution in [2.24, 2.45) is 5.92 Å². The predicted molar refractivity (Wildman–Crippen MR) is 50.9 cm³/mol. The van der Waals surface area contributed by atoms with Crippen LogP contribution >= 0.6 is 11.8 Å².